The Morgan fingerprint density at radius 1 is 1.37 bits per heavy atom. The van der Waals surface area contributed by atoms with Crippen molar-refractivity contribution in [3.63, 3.8) is 0 Å². The second kappa shape index (κ2) is 5.73. The second-order valence-electron chi connectivity index (χ2n) is 5.54. The van der Waals surface area contributed by atoms with E-state index in [4.69, 9.17) is 0 Å². The summed E-state index contributed by atoms with van der Waals surface area (Å²) in [6, 6.07) is -0.104. The van der Waals surface area contributed by atoms with Crippen molar-refractivity contribution in [1.82, 2.24) is 10.2 Å². The first-order valence-corrected chi connectivity index (χ1v) is 8.43. The number of hydrogen-bond acceptors (Lipinski definition) is 3. The number of hydrogen-bond donors (Lipinski definition) is 1. The highest BCUT2D eigenvalue weighted by Crippen LogP contribution is 2.30. The SMILES string of the molecule is CCC1(CC)NC(=O)C(C)N(C2CCCSC2)C1=O. The lowest BCUT2D eigenvalue weighted by Gasteiger charge is -2.48. The van der Waals surface area contributed by atoms with E-state index < -0.39 is 5.54 Å². The van der Waals surface area contributed by atoms with E-state index in [9.17, 15) is 9.59 Å². The van der Waals surface area contributed by atoms with Crippen molar-refractivity contribution in [2.75, 3.05) is 11.5 Å². The van der Waals surface area contributed by atoms with Crippen LogP contribution < -0.4 is 5.32 Å². The minimum Gasteiger partial charge on any atom is -0.340 e. The van der Waals surface area contributed by atoms with Gasteiger partial charge in [-0.2, -0.15) is 11.8 Å². The Balaban J connectivity index is 2.27. The van der Waals surface area contributed by atoms with Crippen molar-refractivity contribution in [3.05, 3.63) is 0 Å². The molecule has 2 unspecified atom stereocenters. The van der Waals surface area contributed by atoms with Crippen molar-refractivity contribution in [2.24, 2.45) is 0 Å². The molecule has 2 amide bonds. The van der Waals surface area contributed by atoms with Gasteiger partial charge in [0.1, 0.15) is 11.6 Å². The van der Waals surface area contributed by atoms with E-state index in [1.165, 1.54) is 5.75 Å². The number of thioether (sulfide) groups is 1. The molecule has 2 rings (SSSR count). The largest absolute Gasteiger partial charge is 0.340 e. The van der Waals surface area contributed by atoms with Crippen LogP contribution in [0.2, 0.25) is 0 Å². The van der Waals surface area contributed by atoms with Gasteiger partial charge in [0.2, 0.25) is 11.8 Å². The fourth-order valence-electron chi connectivity index (χ4n) is 3.10. The number of piperazine rings is 1. The van der Waals surface area contributed by atoms with E-state index in [1.807, 2.05) is 37.4 Å². The molecule has 2 aliphatic heterocycles. The van der Waals surface area contributed by atoms with Crippen molar-refractivity contribution >= 4 is 23.6 Å². The maximum absolute atomic E-state index is 12.9. The van der Waals surface area contributed by atoms with Gasteiger partial charge in [-0.05, 0) is 38.4 Å². The molecule has 1 N–H and O–H groups in total. The standard InChI is InChI=1S/C14H24N2O2S/c1-4-14(5-2)13(18)16(10(3)12(17)15-14)11-7-6-8-19-9-11/h10-11H,4-9H2,1-3H3,(H,15,17). The van der Waals surface area contributed by atoms with E-state index >= 15 is 0 Å². The van der Waals surface area contributed by atoms with Crippen molar-refractivity contribution < 1.29 is 9.59 Å². The average molecular weight is 284 g/mol. The molecule has 2 atom stereocenters. The zero-order valence-corrected chi connectivity index (χ0v) is 12.9. The van der Waals surface area contributed by atoms with E-state index in [0.717, 1.165) is 18.6 Å². The van der Waals surface area contributed by atoms with Gasteiger partial charge >= 0.3 is 0 Å². The van der Waals surface area contributed by atoms with Crippen LogP contribution in [0.1, 0.15) is 46.5 Å². The Morgan fingerprint density at radius 3 is 2.58 bits per heavy atom. The molecule has 0 saturated carbocycles. The van der Waals surface area contributed by atoms with Crippen molar-refractivity contribution in [1.29, 1.82) is 0 Å². The van der Waals surface area contributed by atoms with Crippen LogP contribution in [0.15, 0.2) is 0 Å². The summed E-state index contributed by atoms with van der Waals surface area (Å²) in [6.07, 6.45) is 3.49. The number of amides is 2. The summed E-state index contributed by atoms with van der Waals surface area (Å²) in [5.41, 5.74) is -0.675. The zero-order valence-electron chi connectivity index (χ0n) is 12.1. The minimum absolute atomic E-state index is 0.00104. The van der Waals surface area contributed by atoms with E-state index in [1.54, 1.807) is 0 Å². The molecule has 2 fully saturated rings. The van der Waals surface area contributed by atoms with Crippen LogP contribution in [0, 0.1) is 0 Å². The summed E-state index contributed by atoms with van der Waals surface area (Å²) in [5.74, 6) is 2.26. The van der Waals surface area contributed by atoms with E-state index in [-0.39, 0.29) is 23.9 Å². The molecule has 0 aromatic rings. The van der Waals surface area contributed by atoms with Gasteiger partial charge in [-0.3, -0.25) is 9.59 Å². The maximum atomic E-state index is 12.9. The van der Waals surface area contributed by atoms with Crippen LogP contribution in [0.25, 0.3) is 0 Å². The maximum Gasteiger partial charge on any atom is 0.249 e. The molecule has 0 aromatic heterocycles. The molecule has 108 valence electrons. The van der Waals surface area contributed by atoms with Gasteiger partial charge in [0.15, 0.2) is 0 Å². The quantitative estimate of drug-likeness (QED) is 0.859. The Hall–Kier alpha value is -0.710. The summed E-state index contributed by atoms with van der Waals surface area (Å²) in [6.45, 7) is 5.80. The summed E-state index contributed by atoms with van der Waals surface area (Å²) in [5, 5.41) is 2.96. The first-order chi connectivity index (χ1) is 9.05. The van der Waals surface area contributed by atoms with Gasteiger partial charge in [0.25, 0.3) is 0 Å². The molecule has 5 heteroatoms. The minimum atomic E-state index is -0.675. The van der Waals surface area contributed by atoms with Gasteiger partial charge in [-0.25, -0.2) is 0 Å². The van der Waals surface area contributed by atoms with Gasteiger partial charge in [-0.15, -0.1) is 0 Å². The van der Waals surface area contributed by atoms with Gasteiger partial charge in [0, 0.05) is 11.8 Å². The smallest absolute Gasteiger partial charge is 0.249 e. The van der Waals surface area contributed by atoms with Gasteiger partial charge in [-0.1, -0.05) is 13.8 Å². The molecule has 0 spiro atoms. The van der Waals surface area contributed by atoms with E-state index in [0.29, 0.717) is 12.8 Å². The molecule has 0 aliphatic carbocycles. The van der Waals surface area contributed by atoms with Crippen molar-refractivity contribution in [3.8, 4) is 0 Å². The van der Waals surface area contributed by atoms with Crippen LogP contribution in [-0.2, 0) is 9.59 Å². The highest BCUT2D eigenvalue weighted by molar-refractivity contribution is 7.99. The fourth-order valence-corrected chi connectivity index (χ4v) is 4.23. The molecule has 2 saturated heterocycles. The topological polar surface area (TPSA) is 49.4 Å². The predicted molar refractivity (Wildman–Crippen MR) is 78.1 cm³/mol. The molecule has 19 heavy (non-hydrogen) atoms. The second-order valence-corrected chi connectivity index (χ2v) is 6.69. The van der Waals surface area contributed by atoms with Gasteiger partial charge in [0.05, 0.1) is 0 Å². The number of nitrogens with one attached hydrogen (secondary N) is 1. The highest BCUT2D eigenvalue weighted by atomic mass is 32.2. The lowest BCUT2D eigenvalue weighted by molar-refractivity contribution is -0.157. The molecule has 0 radical (unpaired) electrons. The Morgan fingerprint density at radius 2 is 2.05 bits per heavy atom. The molecule has 4 nitrogen and oxygen atoms in total. The first kappa shape index (κ1) is 14.7. The van der Waals surface area contributed by atoms with Crippen LogP contribution in [0.5, 0.6) is 0 Å². The van der Waals surface area contributed by atoms with Gasteiger partial charge < -0.3 is 10.2 Å². The number of carbonyl (C=O) groups excluding carboxylic acids is 2. The number of carbonyl (C=O) groups is 2. The summed E-state index contributed by atoms with van der Waals surface area (Å²) >= 11 is 1.89. The van der Waals surface area contributed by atoms with E-state index in [2.05, 4.69) is 5.32 Å². The van der Waals surface area contributed by atoms with Crippen molar-refractivity contribution in [2.45, 2.75) is 64.1 Å². The molecule has 0 aromatic carbocycles. The monoisotopic (exact) mass is 284 g/mol. The normalized spacial score (nSPS) is 31.2. The summed E-state index contributed by atoms with van der Waals surface area (Å²) < 4.78 is 0. The van der Waals surface area contributed by atoms with Crippen LogP contribution in [-0.4, -0.2) is 45.8 Å². The van der Waals surface area contributed by atoms with Crippen LogP contribution in [0.3, 0.4) is 0 Å². The zero-order chi connectivity index (χ0) is 14.0. The number of nitrogens with zero attached hydrogens (tertiary/aromatic N) is 1. The molecular formula is C14H24N2O2S. The number of rotatable bonds is 3. The molecule has 0 bridgehead atoms. The highest BCUT2D eigenvalue weighted by Gasteiger charge is 2.49. The third-order valence-corrected chi connectivity index (χ3v) is 5.74. The third kappa shape index (κ3) is 2.49. The Labute approximate surface area is 119 Å². The summed E-state index contributed by atoms with van der Waals surface area (Å²) in [4.78, 5) is 27.0. The first-order valence-electron chi connectivity index (χ1n) is 7.28. The van der Waals surface area contributed by atoms with Crippen LogP contribution >= 0.6 is 11.8 Å². The van der Waals surface area contributed by atoms with Crippen LogP contribution in [0.4, 0.5) is 0 Å². The lowest BCUT2D eigenvalue weighted by atomic mass is 9.86. The summed E-state index contributed by atoms with van der Waals surface area (Å²) in [7, 11) is 0. The Bertz CT molecular complexity index is 362. The lowest BCUT2D eigenvalue weighted by Crippen LogP contribution is -2.71. The third-order valence-electron chi connectivity index (χ3n) is 4.54. The Kier molecular flexibility index (Phi) is 4.43. The molecular weight excluding hydrogens is 260 g/mol. The molecule has 2 heterocycles. The average Bonchev–Trinajstić information content (AvgIpc) is 2.44. The molecule has 2 aliphatic rings. The predicted octanol–water partition coefficient (Wildman–Crippen LogP) is 1.79. The fraction of sp³-hybridized carbons (Fsp3) is 0.857.